The van der Waals surface area contributed by atoms with Gasteiger partial charge in [-0.15, -0.1) is 5.10 Å². The molecule has 2 atom stereocenters. The summed E-state index contributed by atoms with van der Waals surface area (Å²) in [5, 5.41) is 8.67. The summed E-state index contributed by atoms with van der Waals surface area (Å²) in [7, 11) is 0. The second kappa shape index (κ2) is 8.84. The van der Waals surface area contributed by atoms with Gasteiger partial charge in [-0.05, 0) is 23.8 Å². The summed E-state index contributed by atoms with van der Waals surface area (Å²) in [5.74, 6) is -0.0686. The predicted molar refractivity (Wildman–Crippen MR) is 116 cm³/mol. The van der Waals surface area contributed by atoms with E-state index in [1.807, 2.05) is 95.7 Å². The van der Waals surface area contributed by atoms with Crippen molar-refractivity contribution in [1.82, 2.24) is 15.0 Å². The third kappa shape index (κ3) is 4.13. The van der Waals surface area contributed by atoms with Crippen LogP contribution in [0.3, 0.4) is 0 Å². The van der Waals surface area contributed by atoms with Gasteiger partial charge in [0.2, 0.25) is 0 Å². The minimum Gasteiger partial charge on any atom is -0.294 e. The molecule has 144 valence electrons. The molecule has 0 radical (unpaired) electrons. The Kier molecular flexibility index (Phi) is 5.82. The number of hydrogen-bond acceptors (Lipinski definition) is 3. The SMILES string of the molecule is O=C(CC(c1ccccc1)C(C=CCl)n1nnc2ccccc21)c1ccccc1. The number of nitrogens with zero attached hydrogens (tertiary/aromatic N) is 3. The Hall–Kier alpha value is -3.24. The Balaban J connectivity index is 1.78. The summed E-state index contributed by atoms with van der Waals surface area (Å²) in [6.07, 6.45) is 2.20. The number of carbonyl (C=O) groups excluding carboxylic acids is 1. The zero-order valence-electron chi connectivity index (χ0n) is 15.7. The normalized spacial score (nSPS) is 13.6. The number of allylic oxidation sites excluding steroid dienone is 1. The van der Waals surface area contributed by atoms with Gasteiger partial charge in [-0.25, -0.2) is 4.68 Å². The predicted octanol–water partition coefficient (Wildman–Crippen LogP) is 5.78. The Morgan fingerprint density at radius 2 is 1.59 bits per heavy atom. The molecule has 0 bridgehead atoms. The number of hydrogen-bond donors (Lipinski definition) is 0. The fourth-order valence-electron chi connectivity index (χ4n) is 3.65. The molecule has 4 nitrogen and oxygen atoms in total. The van der Waals surface area contributed by atoms with Crippen LogP contribution in [0.4, 0.5) is 0 Å². The number of para-hydroxylation sites is 1. The first-order chi connectivity index (χ1) is 14.3. The summed E-state index contributed by atoms with van der Waals surface area (Å²) < 4.78 is 1.85. The molecule has 29 heavy (non-hydrogen) atoms. The van der Waals surface area contributed by atoms with Crippen molar-refractivity contribution in [1.29, 1.82) is 0 Å². The lowest BCUT2D eigenvalue weighted by Gasteiger charge is -2.25. The third-order valence-electron chi connectivity index (χ3n) is 5.07. The largest absolute Gasteiger partial charge is 0.294 e. The van der Waals surface area contributed by atoms with E-state index >= 15 is 0 Å². The highest BCUT2D eigenvalue weighted by Crippen LogP contribution is 2.35. The Morgan fingerprint density at radius 1 is 0.931 bits per heavy atom. The van der Waals surface area contributed by atoms with Gasteiger partial charge in [0.25, 0.3) is 0 Å². The Labute approximate surface area is 174 Å². The second-order valence-electron chi connectivity index (χ2n) is 6.84. The molecule has 4 rings (SSSR count). The van der Waals surface area contributed by atoms with Crippen LogP contribution in [-0.2, 0) is 0 Å². The highest BCUT2D eigenvalue weighted by atomic mass is 35.5. The molecule has 0 saturated carbocycles. The van der Waals surface area contributed by atoms with Crippen molar-refractivity contribution in [3.05, 3.63) is 108 Å². The molecular formula is C24H20ClN3O. The van der Waals surface area contributed by atoms with Crippen molar-refractivity contribution in [3.63, 3.8) is 0 Å². The van der Waals surface area contributed by atoms with Crippen LogP contribution in [0.5, 0.6) is 0 Å². The van der Waals surface area contributed by atoms with E-state index in [0.29, 0.717) is 12.0 Å². The molecule has 1 heterocycles. The van der Waals surface area contributed by atoms with Crippen molar-refractivity contribution in [2.45, 2.75) is 18.4 Å². The number of ketones is 1. The molecule has 4 aromatic rings. The van der Waals surface area contributed by atoms with Crippen molar-refractivity contribution >= 4 is 28.4 Å². The lowest BCUT2D eigenvalue weighted by atomic mass is 9.85. The number of rotatable bonds is 7. The highest BCUT2D eigenvalue weighted by molar-refractivity contribution is 6.25. The maximum atomic E-state index is 13.1. The summed E-state index contributed by atoms with van der Waals surface area (Å²) in [6.45, 7) is 0. The van der Waals surface area contributed by atoms with Crippen molar-refractivity contribution in [2.24, 2.45) is 0 Å². The summed E-state index contributed by atoms with van der Waals surface area (Å²) in [5.41, 5.74) is 4.95. The fraction of sp³-hybridized carbons (Fsp3) is 0.125. The minimum absolute atomic E-state index is 0.0804. The number of aromatic nitrogens is 3. The molecule has 0 saturated heterocycles. The van der Waals surface area contributed by atoms with Crippen LogP contribution in [0.25, 0.3) is 11.0 Å². The summed E-state index contributed by atoms with van der Waals surface area (Å²) in [6, 6.07) is 26.9. The first-order valence-electron chi connectivity index (χ1n) is 9.48. The number of halogens is 1. The Morgan fingerprint density at radius 3 is 2.31 bits per heavy atom. The number of Topliss-reactive ketones (excluding diaryl/α,β-unsaturated/α-hetero) is 1. The monoisotopic (exact) mass is 401 g/mol. The molecule has 2 unspecified atom stereocenters. The van der Waals surface area contributed by atoms with Crippen molar-refractivity contribution in [2.75, 3.05) is 0 Å². The van der Waals surface area contributed by atoms with Crippen LogP contribution in [0.1, 0.15) is 34.3 Å². The van der Waals surface area contributed by atoms with E-state index in [1.165, 1.54) is 5.54 Å². The van der Waals surface area contributed by atoms with E-state index in [4.69, 9.17) is 11.6 Å². The van der Waals surface area contributed by atoms with Crippen LogP contribution in [0, 0.1) is 0 Å². The lowest BCUT2D eigenvalue weighted by molar-refractivity contribution is 0.0967. The van der Waals surface area contributed by atoms with E-state index in [9.17, 15) is 4.79 Å². The number of fused-ring (bicyclic) bond motifs is 1. The molecule has 0 aliphatic rings. The molecule has 3 aromatic carbocycles. The van der Waals surface area contributed by atoms with Crippen LogP contribution >= 0.6 is 11.6 Å². The van der Waals surface area contributed by atoms with Gasteiger partial charge < -0.3 is 0 Å². The first kappa shape index (κ1) is 19.1. The molecule has 0 aliphatic heterocycles. The number of carbonyl (C=O) groups is 1. The molecule has 5 heteroatoms. The lowest BCUT2D eigenvalue weighted by Crippen LogP contribution is -2.20. The van der Waals surface area contributed by atoms with E-state index in [2.05, 4.69) is 10.3 Å². The zero-order chi connectivity index (χ0) is 20.1. The second-order valence-corrected chi connectivity index (χ2v) is 7.09. The van der Waals surface area contributed by atoms with Gasteiger partial charge in [-0.1, -0.05) is 89.6 Å². The smallest absolute Gasteiger partial charge is 0.163 e. The third-order valence-corrected chi connectivity index (χ3v) is 5.22. The maximum absolute atomic E-state index is 13.1. The van der Waals surface area contributed by atoms with Gasteiger partial charge in [0.05, 0.1) is 11.6 Å². The van der Waals surface area contributed by atoms with Crippen LogP contribution in [0.15, 0.2) is 96.5 Å². The maximum Gasteiger partial charge on any atom is 0.163 e. The van der Waals surface area contributed by atoms with E-state index in [-0.39, 0.29) is 17.7 Å². The molecule has 0 aliphatic carbocycles. The first-order valence-corrected chi connectivity index (χ1v) is 9.91. The van der Waals surface area contributed by atoms with E-state index < -0.39 is 0 Å². The summed E-state index contributed by atoms with van der Waals surface area (Å²) >= 11 is 6.02. The molecule has 0 fully saturated rings. The zero-order valence-corrected chi connectivity index (χ0v) is 16.5. The van der Waals surface area contributed by atoms with Gasteiger partial charge in [0, 0.05) is 23.4 Å². The van der Waals surface area contributed by atoms with Gasteiger partial charge in [-0.2, -0.15) is 0 Å². The van der Waals surface area contributed by atoms with Gasteiger partial charge >= 0.3 is 0 Å². The quantitative estimate of drug-likeness (QED) is 0.369. The topological polar surface area (TPSA) is 47.8 Å². The molecule has 1 aromatic heterocycles. The summed E-state index contributed by atoms with van der Waals surface area (Å²) in [4.78, 5) is 13.1. The van der Waals surface area contributed by atoms with Gasteiger partial charge in [0.15, 0.2) is 5.78 Å². The van der Waals surface area contributed by atoms with Gasteiger partial charge in [0.1, 0.15) is 5.52 Å². The fourth-order valence-corrected chi connectivity index (χ4v) is 3.79. The minimum atomic E-state index is -0.255. The molecular weight excluding hydrogens is 382 g/mol. The standard InChI is InChI=1S/C24H20ClN3O/c25-16-15-22(28-23-14-8-7-13-21(23)26-27-28)20(18-9-3-1-4-10-18)17-24(29)19-11-5-2-6-12-19/h1-16,20,22H,17H2. The average Bonchev–Trinajstić information content (AvgIpc) is 3.21. The Bertz CT molecular complexity index is 1120. The van der Waals surface area contributed by atoms with Gasteiger partial charge in [-0.3, -0.25) is 4.79 Å². The van der Waals surface area contributed by atoms with Crippen molar-refractivity contribution in [3.8, 4) is 0 Å². The number of benzene rings is 3. The average molecular weight is 402 g/mol. The molecule has 0 N–H and O–H groups in total. The van der Waals surface area contributed by atoms with Crippen molar-refractivity contribution < 1.29 is 4.79 Å². The molecule has 0 spiro atoms. The van der Waals surface area contributed by atoms with Crippen LogP contribution in [0.2, 0.25) is 0 Å². The van der Waals surface area contributed by atoms with Crippen LogP contribution in [-0.4, -0.2) is 20.8 Å². The van der Waals surface area contributed by atoms with Crippen LogP contribution < -0.4 is 0 Å². The van der Waals surface area contributed by atoms with E-state index in [0.717, 1.165) is 16.6 Å². The molecule has 0 amide bonds. The van der Waals surface area contributed by atoms with E-state index in [1.54, 1.807) is 0 Å². The highest BCUT2D eigenvalue weighted by Gasteiger charge is 2.28.